The Morgan fingerprint density at radius 1 is 1.26 bits per heavy atom. The van der Waals surface area contributed by atoms with Gasteiger partial charge in [-0.15, -0.1) is 0 Å². The predicted molar refractivity (Wildman–Crippen MR) is 119 cm³/mol. The third-order valence-corrected chi connectivity index (χ3v) is 5.91. The number of aromatic hydroxyl groups is 1. The zero-order chi connectivity index (χ0) is 21.5. The minimum atomic E-state index is -0.447. The molecule has 0 atom stereocenters. The molecule has 156 valence electrons. The third kappa shape index (κ3) is 3.49. The summed E-state index contributed by atoms with van der Waals surface area (Å²) < 4.78 is 11.6. The summed E-state index contributed by atoms with van der Waals surface area (Å²) in [5.74, 6) is 0.448. The SMILES string of the molecule is CC1=Nc2ccccc2/C1=C/c1sc(=O)n(CC(=O)Nc2ccc3c(c2)OCO3)c1O. The molecule has 31 heavy (non-hydrogen) atoms. The van der Waals surface area contributed by atoms with Crippen LogP contribution in [0, 0.1) is 0 Å². The number of hydrogen-bond donors (Lipinski definition) is 2. The number of aliphatic imine (C=N–C) groups is 1. The van der Waals surface area contributed by atoms with Gasteiger partial charge in [-0.25, -0.2) is 0 Å². The van der Waals surface area contributed by atoms with Gasteiger partial charge in [0.1, 0.15) is 6.54 Å². The summed E-state index contributed by atoms with van der Waals surface area (Å²) in [5, 5.41) is 13.3. The van der Waals surface area contributed by atoms with Crippen LogP contribution in [-0.2, 0) is 11.3 Å². The highest BCUT2D eigenvalue weighted by Crippen LogP contribution is 2.37. The number of carbonyl (C=O) groups is 1. The number of carbonyl (C=O) groups excluding carboxylic acids is 1. The number of benzene rings is 2. The van der Waals surface area contributed by atoms with Gasteiger partial charge in [-0.1, -0.05) is 29.5 Å². The van der Waals surface area contributed by atoms with Gasteiger partial charge in [0.2, 0.25) is 18.6 Å². The van der Waals surface area contributed by atoms with Crippen molar-refractivity contribution in [3.8, 4) is 17.4 Å². The summed E-state index contributed by atoms with van der Waals surface area (Å²) in [6.07, 6.45) is 1.73. The van der Waals surface area contributed by atoms with E-state index in [0.717, 1.165) is 38.4 Å². The first-order valence-corrected chi connectivity index (χ1v) is 10.3. The Bertz CT molecular complexity index is 1340. The second kappa shape index (κ2) is 7.44. The van der Waals surface area contributed by atoms with Crippen molar-refractivity contribution in [1.29, 1.82) is 0 Å². The number of amides is 1. The van der Waals surface area contributed by atoms with Gasteiger partial charge in [0.05, 0.1) is 10.6 Å². The molecular formula is C22H17N3O5S. The number of nitrogens with zero attached hydrogens (tertiary/aromatic N) is 2. The lowest BCUT2D eigenvalue weighted by molar-refractivity contribution is -0.116. The maximum absolute atomic E-state index is 12.5. The highest BCUT2D eigenvalue weighted by Gasteiger charge is 2.21. The van der Waals surface area contributed by atoms with Crippen LogP contribution < -0.4 is 19.7 Å². The zero-order valence-corrected chi connectivity index (χ0v) is 17.2. The lowest BCUT2D eigenvalue weighted by atomic mass is 10.0. The molecule has 5 rings (SSSR count). The van der Waals surface area contributed by atoms with Gasteiger partial charge in [0.25, 0.3) is 0 Å². The number of ether oxygens (including phenoxy) is 2. The number of para-hydroxylation sites is 1. The molecule has 2 aliphatic heterocycles. The van der Waals surface area contributed by atoms with Crippen LogP contribution >= 0.6 is 11.3 Å². The van der Waals surface area contributed by atoms with Crippen molar-refractivity contribution in [3.63, 3.8) is 0 Å². The Labute approximate surface area is 180 Å². The number of hydrogen-bond acceptors (Lipinski definition) is 7. The molecule has 0 saturated carbocycles. The zero-order valence-electron chi connectivity index (χ0n) is 16.4. The summed E-state index contributed by atoms with van der Waals surface area (Å²) >= 11 is 0.879. The molecule has 1 aromatic heterocycles. The van der Waals surface area contributed by atoms with Crippen LogP contribution in [0.15, 0.2) is 52.3 Å². The summed E-state index contributed by atoms with van der Waals surface area (Å²) in [5.41, 5.74) is 3.93. The first-order valence-electron chi connectivity index (χ1n) is 9.48. The van der Waals surface area contributed by atoms with Crippen LogP contribution in [-0.4, -0.2) is 28.1 Å². The largest absolute Gasteiger partial charge is 0.493 e. The van der Waals surface area contributed by atoms with E-state index in [1.54, 1.807) is 24.3 Å². The molecule has 2 aromatic carbocycles. The van der Waals surface area contributed by atoms with E-state index < -0.39 is 10.8 Å². The number of nitrogens with one attached hydrogen (secondary N) is 1. The second-order valence-electron chi connectivity index (χ2n) is 7.03. The lowest BCUT2D eigenvalue weighted by Crippen LogP contribution is -2.24. The monoisotopic (exact) mass is 435 g/mol. The van der Waals surface area contributed by atoms with Crippen molar-refractivity contribution < 1.29 is 19.4 Å². The Morgan fingerprint density at radius 2 is 2.06 bits per heavy atom. The van der Waals surface area contributed by atoms with Gasteiger partial charge < -0.3 is 19.9 Å². The minimum absolute atomic E-state index is 0.137. The van der Waals surface area contributed by atoms with Gasteiger partial charge in [-0.2, -0.15) is 0 Å². The Hall–Kier alpha value is -3.85. The number of aromatic nitrogens is 1. The van der Waals surface area contributed by atoms with E-state index in [-0.39, 0.29) is 19.2 Å². The summed E-state index contributed by atoms with van der Waals surface area (Å²) in [7, 11) is 0. The van der Waals surface area contributed by atoms with Crippen LogP contribution in [0.2, 0.25) is 0 Å². The molecule has 3 aromatic rings. The highest BCUT2D eigenvalue weighted by atomic mass is 32.1. The van der Waals surface area contributed by atoms with E-state index in [1.165, 1.54) is 0 Å². The normalized spacial score (nSPS) is 15.1. The Morgan fingerprint density at radius 3 is 2.94 bits per heavy atom. The van der Waals surface area contributed by atoms with Crippen LogP contribution in [0.25, 0.3) is 11.6 Å². The van der Waals surface area contributed by atoms with Gasteiger partial charge in [0, 0.05) is 28.6 Å². The third-order valence-electron chi connectivity index (χ3n) is 5.00. The van der Waals surface area contributed by atoms with Crippen molar-refractivity contribution >= 4 is 46.0 Å². The highest BCUT2D eigenvalue weighted by molar-refractivity contribution is 7.10. The number of thiazole rings is 1. The fourth-order valence-corrected chi connectivity index (χ4v) is 4.34. The molecule has 3 heterocycles. The molecule has 0 spiro atoms. The van der Waals surface area contributed by atoms with Gasteiger partial charge >= 0.3 is 4.87 Å². The molecule has 2 aliphatic rings. The predicted octanol–water partition coefficient (Wildman–Crippen LogP) is 3.63. The smallest absolute Gasteiger partial charge is 0.311 e. The molecule has 0 saturated heterocycles. The standard InChI is InChI=1S/C22H17N3O5S/c1-12-15(14-4-2-3-5-16(14)23-12)9-19-21(27)25(22(28)31-19)10-20(26)24-13-6-7-17-18(8-13)30-11-29-17/h2-9,27H,10-11H2,1H3,(H,24,26)/b15-9+. The average Bonchev–Trinajstić information content (AvgIpc) is 3.41. The van der Waals surface area contributed by atoms with Crippen molar-refractivity contribution in [2.45, 2.75) is 13.5 Å². The molecule has 2 N–H and O–H groups in total. The van der Waals surface area contributed by atoms with Crippen molar-refractivity contribution in [3.05, 3.63) is 62.6 Å². The van der Waals surface area contributed by atoms with Gasteiger partial charge in [-0.05, 0) is 31.2 Å². The minimum Gasteiger partial charge on any atom is -0.493 e. The summed E-state index contributed by atoms with van der Waals surface area (Å²) in [6, 6.07) is 12.7. The molecule has 0 radical (unpaired) electrons. The van der Waals surface area contributed by atoms with Crippen molar-refractivity contribution in [1.82, 2.24) is 4.57 Å². The van der Waals surface area contributed by atoms with E-state index in [9.17, 15) is 14.7 Å². The fourth-order valence-electron chi connectivity index (χ4n) is 3.51. The molecule has 1 amide bonds. The van der Waals surface area contributed by atoms with E-state index >= 15 is 0 Å². The molecule has 0 unspecified atom stereocenters. The quantitative estimate of drug-likeness (QED) is 0.652. The molecule has 0 aliphatic carbocycles. The number of rotatable bonds is 4. The van der Waals surface area contributed by atoms with Crippen molar-refractivity contribution in [2.24, 2.45) is 4.99 Å². The Kier molecular flexibility index (Phi) is 4.59. The van der Waals surface area contributed by atoms with E-state index in [1.807, 2.05) is 31.2 Å². The van der Waals surface area contributed by atoms with Crippen LogP contribution in [0.1, 0.15) is 17.4 Å². The average molecular weight is 435 g/mol. The fraction of sp³-hybridized carbons (Fsp3) is 0.136. The first kappa shape index (κ1) is 19.1. The molecule has 9 heteroatoms. The number of anilines is 1. The first-order chi connectivity index (χ1) is 15.0. The van der Waals surface area contributed by atoms with Crippen LogP contribution in [0.4, 0.5) is 11.4 Å². The second-order valence-corrected chi connectivity index (χ2v) is 8.02. The lowest BCUT2D eigenvalue weighted by Gasteiger charge is -2.07. The van der Waals surface area contributed by atoms with E-state index in [0.29, 0.717) is 22.1 Å². The Balaban J connectivity index is 1.38. The topological polar surface area (TPSA) is 102 Å². The number of fused-ring (bicyclic) bond motifs is 2. The molecular weight excluding hydrogens is 418 g/mol. The van der Waals surface area contributed by atoms with Crippen molar-refractivity contribution in [2.75, 3.05) is 12.1 Å². The molecule has 0 bridgehead atoms. The maximum Gasteiger partial charge on any atom is 0.311 e. The van der Waals surface area contributed by atoms with Crippen LogP contribution in [0.5, 0.6) is 17.4 Å². The molecule has 8 nitrogen and oxygen atoms in total. The number of allylic oxidation sites excluding steroid dienone is 1. The van der Waals surface area contributed by atoms with Gasteiger partial charge in [0.15, 0.2) is 11.5 Å². The van der Waals surface area contributed by atoms with E-state index in [2.05, 4.69) is 10.3 Å². The van der Waals surface area contributed by atoms with Crippen LogP contribution in [0.3, 0.4) is 0 Å². The molecule has 0 fully saturated rings. The summed E-state index contributed by atoms with van der Waals surface area (Å²) in [6.45, 7) is 1.70. The summed E-state index contributed by atoms with van der Waals surface area (Å²) in [4.78, 5) is 29.4. The van der Waals surface area contributed by atoms with E-state index in [4.69, 9.17) is 9.47 Å². The maximum atomic E-state index is 12.5. The van der Waals surface area contributed by atoms with Gasteiger partial charge in [-0.3, -0.25) is 19.1 Å².